The minimum atomic E-state index is -0.0685. The molecule has 1 rings (SSSR count). The standard InChI is InChI=1S/C14H19ClINO2/c1-3-11(4-2)17(7-8-18)14(19)10-5-6-13(16)12(15)9-10/h5-6,9,11,18H,3-4,7-8H2,1-2H3. The molecule has 0 bridgehead atoms. The van der Waals surface area contributed by atoms with Gasteiger partial charge in [0.15, 0.2) is 0 Å². The Labute approximate surface area is 133 Å². The SMILES string of the molecule is CCC(CC)N(CCO)C(=O)c1ccc(I)c(Cl)c1. The van der Waals surface area contributed by atoms with Gasteiger partial charge in [-0.1, -0.05) is 25.4 Å². The van der Waals surface area contributed by atoms with Gasteiger partial charge in [0.1, 0.15) is 0 Å². The van der Waals surface area contributed by atoms with Gasteiger partial charge < -0.3 is 10.0 Å². The van der Waals surface area contributed by atoms with Gasteiger partial charge >= 0.3 is 0 Å². The zero-order valence-electron chi connectivity index (χ0n) is 11.2. The summed E-state index contributed by atoms with van der Waals surface area (Å²) in [5.41, 5.74) is 0.575. The molecule has 0 aliphatic heterocycles. The number of aliphatic hydroxyl groups is 1. The molecule has 106 valence electrons. The zero-order chi connectivity index (χ0) is 14.4. The molecule has 0 fully saturated rings. The highest BCUT2D eigenvalue weighted by molar-refractivity contribution is 14.1. The molecule has 0 saturated heterocycles. The van der Waals surface area contributed by atoms with Crippen molar-refractivity contribution in [2.75, 3.05) is 13.2 Å². The Kier molecular flexibility index (Phi) is 7.10. The van der Waals surface area contributed by atoms with Gasteiger partial charge in [0.25, 0.3) is 5.91 Å². The maximum atomic E-state index is 12.5. The van der Waals surface area contributed by atoms with Crippen LogP contribution in [0.25, 0.3) is 0 Å². The lowest BCUT2D eigenvalue weighted by atomic mass is 10.1. The highest BCUT2D eigenvalue weighted by atomic mass is 127. The first-order chi connectivity index (χ1) is 9.04. The molecule has 5 heteroatoms. The summed E-state index contributed by atoms with van der Waals surface area (Å²) in [7, 11) is 0. The summed E-state index contributed by atoms with van der Waals surface area (Å²) in [4.78, 5) is 14.2. The third kappa shape index (κ3) is 4.33. The van der Waals surface area contributed by atoms with Crippen LogP contribution in [0.15, 0.2) is 18.2 Å². The van der Waals surface area contributed by atoms with Crippen molar-refractivity contribution in [3.63, 3.8) is 0 Å². The molecule has 1 amide bonds. The second-order valence-electron chi connectivity index (χ2n) is 4.32. The Balaban J connectivity index is 3.01. The monoisotopic (exact) mass is 395 g/mol. The number of nitrogens with zero attached hydrogens (tertiary/aromatic N) is 1. The van der Waals surface area contributed by atoms with Crippen LogP contribution in [0.2, 0.25) is 5.02 Å². The van der Waals surface area contributed by atoms with Crippen molar-refractivity contribution in [1.29, 1.82) is 0 Å². The molecule has 1 aromatic carbocycles. The smallest absolute Gasteiger partial charge is 0.254 e. The number of hydrogen-bond donors (Lipinski definition) is 1. The largest absolute Gasteiger partial charge is 0.395 e. The molecule has 0 radical (unpaired) electrons. The summed E-state index contributed by atoms with van der Waals surface area (Å²) >= 11 is 8.19. The van der Waals surface area contributed by atoms with Crippen molar-refractivity contribution in [3.05, 3.63) is 32.4 Å². The summed E-state index contributed by atoms with van der Waals surface area (Å²) in [5.74, 6) is -0.0685. The Hall–Kier alpha value is -0.330. The van der Waals surface area contributed by atoms with E-state index < -0.39 is 0 Å². The second kappa shape index (κ2) is 8.07. The van der Waals surface area contributed by atoms with Gasteiger partial charge in [0, 0.05) is 21.7 Å². The van der Waals surface area contributed by atoms with Crippen LogP contribution >= 0.6 is 34.2 Å². The molecular weight excluding hydrogens is 377 g/mol. The van der Waals surface area contributed by atoms with Crippen molar-refractivity contribution in [2.24, 2.45) is 0 Å². The van der Waals surface area contributed by atoms with E-state index in [9.17, 15) is 4.79 Å². The number of hydrogen-bond acceptors (Lipinski definition) is 2. The van der Waals surface area contributed by atoms with E-state index in [-0.39, 0.29) is 18.6 Å². The first kappa shape index (κ1) is 16.7. The van der Waals surface area contributed by atoms with Gasteiger partial charge in [0.2, 0.25) is 0 Å². The van der Waals surface area contributed by atoms with Crippen LogP contribution in [0.4, 0.5) is 0 Å². The van der Waals surface area contributed by atoms with E-state index in [1.54, 1.807) is 17.0 Å². The maximum absolute atomic E-state index is 12.5. The van der Waals surface area contributed by atoms with Crippen molar-refractivity contribution in [1.82, 2.24) is 4.90 Å². The van der Waals surface area contributed by atoms with E-state index in [1.165, 1.54) is 0 Å². The van der Waals surface area contributed by atoms with Gasteiger partial charge in [-0.05, 0) is 53.6 Å². The van der Waals surface area contributed by atoms with Gasteiger partial charge in [-0.25, -0.2) is 0 Å². The van der Waals surface area contributed by atoms with Gasteiger partial charge in [-0.3, -0.25) is 4.79 Å². The number of carbonyl (C=O) groups is 1. The van der Waals surface area contributed by atoms with E-state index in [0.717, 1.165) is 16.4 Å². The molecule has 0 atom stereocenters. The Morgan fingerprint density at radius 2 is 2.05 bits per heavy atom. The molecular formula is C14H19ClINO2. The summed E-state index contributed by atoms with van der Waals surface area (Å²) in [6.07, 6.45) is 1.75. The van der Waals surface area contributed by atoms with Crippen LogP contribution < -0.4 is 0 Å². The number of aliphatic hydroxyl groups excluding tert-OH is 1. The fourth-order valence-corrected chi connectivity index (χ4v) is 2.60. The number of halogens is 2. The van der Waals surface area contributed by atoms with Crippen molar-refractivity contribution < 1.29 is 9.90 Å². The molecule has 0 aliphatic rings. The summed E-state index contributed by atoms with van der Waals surface area (Å²) < 4.78 is 0.923. The Morgan fingerprint density at radius 1 is 1.42 bits per heavy atom. The number of amides is 1. The lowest BCUT2D eigenvalue weighted by Crippen LogP contribution is -2.41. The third-order valence-corrected chi connectivity index (χ3v) is 4.72. The molecule has 0 aliphatic carbocycles. The van der Waals surface area contributed by atoms with Crippen molar-refractivity contribution in [3.8, 4) is 0 Å². The predicted molar refractivity (Wildman–Crippen MR) is 86.7 cm³/mol. The van der Waals surface area contributed by atoms with Crippen molar-refractivity contribution in [2.45, 2.75) is 32.7 Å². The van der Waals surface area contributed by atoms with Gasteiger partial charge in [-0.2, -0.15) is 0 Å². The molecule has 0 heterocycles. The molecule has 0 aromatic heterocycles. The fraction of sp³-hybridized carbons (Fsp3) is 0.500. The number of carbonyl (C=O) groups excluding carboxylic acids is 1. The van der Waals surface area contributed by atoms with E-state index in [4.69, 9.17) is 16.7 Å². The minimum Gasteiger partial charge on any atom is -0.395 e. The minimum absolute atomic E-state index is 0.0274. The van der Waals surface area contributed by atoms with Crippen LogP contribution in [0.3, 0.4) is 0 Å². The van der Waals surface area contributed by atoms with E-state index in [2.05, 4.69) is 22.6 Å². The number of benzene rings is 1. The normalized spacial score (nSPS) is 10.8. The van der Waals surface area contributed by atoms with Crippen LogP contribution in [0, 0.1) is 3.57 Å². The highest BCUT2D eigenvalue weighted by Crippen LogP contribution is 2.21. The van der Waals surface area contributed by atoms with Crippen LogP contribution in [0.5, 0.6) is 0 Å². The van der Waals surface area contributed by atoms with E-state index >= 15 is 0 Å². The van der Waals surface area contributed by atoms with Gasteiger partial charge in [-0.15, -0.1) is 0 Å². The molecule has 19 heavy (non-hydrogen) atoms. The van der Waals surface area contributed by atoms with Gasteiger partial charge in [0.05, 0.1) is 11.6 Å². The lowest BCUT2D eigenvalue weighted by molar-refractivity contribution is 0.0622. The highest BCUT2D eigenvalue weighted by Gasteiger charge is 2.22. The van der Waals surface area contributed by atoms with E-state index in [1.807, 2.05) is 19.9 Å². The quantitative estimate of drug-likeness (QED) is 0.748. The zero-order valence-corrected chi connectivity index (χ0v) is 14.1. The molecule has 0 unspecified atom stereocenters. The van der Waals surface area contributed by atoms with Crippen molar-refractivity contribution >= 4 is 40.1 Å². The maximum Gasteiger partial charge on any atom is 0.254 e. The predicted octanol–water partition coefficient (Wildman–Crippen LogP) is 3.57. The summed E-state index contributed by atoms with van der Waals surface area (Å²) in [6.45, 7) is 4.43. The second-order valence-corrected chi connectivity index (χ2v) is 5.89. The summed E-state index contributed by atoms with van der Waals surface area (Å²) in [5, 5.41) is 9.73. The molecule has 0 saturated carbocycles. The number of rotatable bonds is 6. The first-order valence-corrected chi connectivity index (χ1v) is 7.87. The van der Waals surface area contributed by atoms with Crippen LogP contribution in [0.1, 0.15) is 37.0 Å². The average molecular weight is 396 g/mol. The van der Waals surface area contributed by atoms with Crippen LogP contribution in [-0.4, -0.2) is 35.1 Å². The molecule has 0 spiro atoms. The Bertz CT molecular complexity index is 435. The van der Waals surface area contributed by atoms with Crippen LogP contribution in [-0.2, 0) is 0 Å². The third-order valence-electron chi connectivity index (χ3n) is 3.15. The molecule has 1 aromatic rings. The average Bonchev–Trinajstić information content (AvgIpc) is 2.41. The summed E-state index contributed by atoms with van der Waals surface area (Å²) in [6, 6.07) is 5.46. The fourth-order valence-electron chi connectivity index (χ4n) is 2.08. The first-order valence-electron chi connectivity index (χ1n) is 6.42. The Morgan fingerprint density at radius 3 is 2.53 bits per heavy atom. The lowest BCUT2D eigenvalue weighted by Gasteiger charge is -2.30. The molecule has 1 N–H and O–H groups in total. The molecule has 3 nitrogen and oxygen atoms in total. The topological polar surface area (TPSA) is 40.5 Å². The van der Waals surface area contributed by atoms with E-state index in [0.29, 0.717) is 17.1 Å².